The van der Waals surface area contributed by atoms with E-state index in [9.17, 15) is 9.59 Å². The first-order valence-corrected chi connectivity index (χ1v) is 11.8. The van der Waals surface area contributed by atoms with Gasteiger partial charge in [0.2, 0.25) is 5.91 Å². The Hall–Kier alpha value is -2.86. The van der Waals surface area contributed by atoms with Crippen molar-refractivity contribution in [3.63, 3.8) is 0 Å². The second kappa shape index (κ2) is 8.24. The smallest absolute Gasteiger partial charge is 0.253 e. The van der Waals surface area contributed by atoms with Crippen molar-refractivity contribution >= 4 is 23.2 Å². The Labute approximate surface area is 189 Å². The van der Waals surface area contributed by atoms with Gasteiger partial charge >= 0.3 is 0 Å². The zero-order valence-electron chi connectivity index (χ0n) is 19.1. The number of hydrazine groups is 1. The van der Waals surface area contributed by atoms with Gasteiger partial charge in [-0.15, -0.1) is 0 Å². The molecule has 5 rings (SSSR count). The van der Waals surface area contributed by atoms with Crippen molar-refractivity contribution in [2.45, 2.75) is 39.7 Å². The number of anilines is 2. The normalized spacial score (nSPS) is 27.0. The number of hydrogen-bond acceptors (Lipinski definition) is 4. The van der Waals surface area contributed by atoms with Crippen LogP contribution in [0.3, 0.4) is 0 Å². The molecule has 4 unspecified atom stereocenters. The molecule has 0 saturated carbocycles. The van der Waals surface area contributed by atoms with Crippen molar-refractivity contribution in [2.24, 2.45) is 17.8 Å². The lowest BCUT2D eigenvalue weighted by Gasteiger charge is -2.35. The van der Waals surface area contributed by atoms with Crippen LogP contribution in [0.1, 0.15) is 54.7 Å². The molecular weight excluding hydrogens is 400 g/mol. The monoisotopic (exact) mass is 432 g/mol. The van der Waals surface area contributed by atoms with Gasteiger partial charge in [0.1, 0.15) is 0 Å². The molecule has 3 aliphatic heterocycles. The lowest BCUT2D eigenvalue weighted by Crippen LogP contribution is -2.42. The number of nitrogens with zero attached hydrogens (tertiary/aromatic N) is 2. The molecule has 2 N–H and O–H groups in total. The van der Waals surface area contributed by atoms with Crippen molar-refractivity contribution in [2.75, 3.05) is 30.0 Å². The maximum atomic E-state index is 13.3. The number of rotatable bonds is 3. The molecule has 2 saturated heterocycles. The number of carbonyl (C=O) groups excluding carboxylic acids is 2. The van der Waals surface area contributed by atoms with Gasteiger partial charge in [0, 0.05) is 30.9 Å². The first-order chi connectivity index (χ1) is 15.4. The number of hydrogen-bond donors (Lipinski definition) is 2. The van der Waals surface area contributed by atoms with Gasteiger partial charge in [-0.05, 0) is 66.1 Å². The lowest BCUT2D eigenvalue weighted by atomic mass is 9.88. The Morgan fingerprint density at radius 3 is 2.47 bits per heavy atom. The van der Waals surface area contributed by atoms with E-state index < -0.39 is 0 Å². The molecule has 0 bridgehead atoms. The Bertz CT molecular complexity index is 1020. The molecular formula is C26H32N4O2. The van der Waals surface area contributed by atoms with E-state index in [4.69, 9.17) is 0 Å². The van der Waals surface area contributed by atoms with E-state index in [0.717, 1.165) is 36.4 Å². The van der Waals surface area contributed by atoms with Gasteiger partial charge in [-0.1, -0.05) is 32.9 Å². The molecule has 3 heterocycles. The summed E-state index contributed by atoms with van der Waals surface area (Å²) in [5.41, 5.74) is 8.22. The number of piperidine rings is 1. The fraction of sp³-hybridized carbons (Fsp3) is 0.462. The second-order valence-electron chi connectivity index (χ2n) is 9.75. The van der Waals surface area contributed by atoms with Crippen molar-refractivity contribution in [1.29, 1.82) is 0 Å². The molecule has 0 radical (unpaired) electrons. The van der Waals surface area contributed by atoms with E-state index in [1.807, 2.05) is 35.2 Å². The average Bonchev–Trinajstić information content (AvgIpc) is 3.14. The molecule has 2 aromatic rings. The molecule has 0 spiro atoms. The first-order valence-electron chi connectivity index (χ1n) is 11.8. The van der Waals surface area contributed by atoms with E-state index >= 15 is 0 Å². The summed E-state index contributed by atoms with van der Waals surface area (Å²) < 4.78 is 0. The van der Waals surface area contributed by atoms with Crippen LogP contribution in [0, 0.1) is 17.8 Å². The van der Waals surface area contributed by atoms with Crippen molar-refractivity contribution in [3.05, 3.63) is 59.2 Å². The van der Waals surface area contributed by atoms with Crippen LogP contribution in [-0.4, -0.2) is 36.3 Å². The maximum Gasteiger partial charge on any atom is 0.253 e. The van der Waals surface area contributed by atoms with Crippen LogP contribution in [0.25, 0.3) is 0 Å². The lowest BCUT2D eigenvalue weighted by molar-refractivity contribution is -0.120. The molecule has 0 aliphatic carbocycles. The number of benzene rings is 2. The van der Waals surface area contributed by atoms with Crippen LogP contribution in [0.4, 0.5) is 11.4 Å². The zero-order valence-corrected chi connectivity index (χ0v) is 19.1. The van der Waals surface area contributed by atoms with Crippen molar-refractivity contribution in [3.8, 4) is 0 Å². The minimum Gasteiger partial charge on any atom is -0.384 e. The largest absolute Gasteiger partial charge is 0.384 e. The fourth-order valence-corrected chi connectivity index (χ4v) is 5.52. The fourth-order valence-electron chi connectivity index (χ4n) is 5.52. The number of amides is 2. The van der Waals surface area contributed by atoms with Gasteiger partial charge in [-0.25, -0.2) is 10.4 Å². The zero-order chi connectivity index (χ0) is 22.4. The van der Waals surface area contributed by atoms with Gasteiger partial charge in [0.05, 0.1) is 17.6 Å². The molecule has 2 aromatic carbocycles. The molecule has 32 heavy (non-hydrogen) atoms. The standard InChI is InChI=1S/C26H32N4O2/c1-4-18-5-8-20(9-6-18)30-26(32)22-13-27-23-10-7-19(12-21(23)24(22)28-30)25(31)29-14-16(2)11-17(3)15-29/h5-10,12,16-17,22,24,27-28H,4,11,13-15H2,1-3H3. The van der Waals surface area contributed by atoms with Crippen LogP contribution in [0.2, 0.25) is 0 Å². The average molecular weight is 433 g/mol. The predicted molar refractivity (Wildman–Crippen MR) is 126 cm³/mol. The van der Waals surface area contributed by atoms with Crippen molar-refractivity contribution < 1.29 is 9.59 Å². The SMILES string of the molecule is CCc1ccc(N2NC3c4cc(C(=O)N5CC(C)CC(C)C5)ccc4NCC3C2=O)cc1. The van der Waals surface area contributed by atoms with E-state index in [-0.39, 0.29) is 23.8 Å². The molecule has 6 heteroatoms. The summed E-state index contributed by atoms with van der Waals surface area (Å²) in [5.74, 6) is 0.993. The number of likely N-dealkylation sites (tertiary alicyclic amines) is 1. The Kier molecular flexibility index (Phi) is 5.41. The van der Waals surface area contributed by atoms with Gasteiger partial charge in [0.25, 0.3) is 5.91 Å². The predicted octanol–water partition coefficient (Wildman–Crippen LogP) is 4.00. The molecule has 4 atom stereocenters. The Morgan fingerprint density at radius 2 is 1.78 bits per heavy atom. The summed E-state index contributed by atoms with van der Waals surface area (Å²) in [5, 5.41) is 5.08. The molecule has 2 amide bonds. The van der Waals surface area contributed by atoms with Crippen LogP contribution < -0.4 is 15.8 Å². The number of aryl methyl sites for hydroxylation is 1. The maximum absolute atomic E-state index is 13.3. The van der Waals surface area contributed by atoms with Gasteiger partial charge < -0.3 is 10.2 Å². The summed E-state index contributed by atoms with van der Waals surface area (Å²) >= 11 is 0. The highest BCUT2D eigenvalue weighted by Gasteiger charge is 2.45. The molecule has 3 aliphatic rings. The summed E-state index contributed by atoms with van der Waals surface area (Å²) in [4.78, 5) is 28.5. The topological polar surface area (TPSA) is 64.7 Å². The molecule has 2 fully saturated rings. The summed E-state index contributed by atoms with van der Waals surface area (Å²) in [7, 11) is 0. The molecule has 168 valence electrons. The van der Waals surface area contributed by atoms with Crippen molar-refractivity contribution in [1.82, 2.24) is 10.3 Å². The Balaban J connectivity index is 1.41. The molecule has 0 aromatic heterocycles. The third-order valence-corrected chi connectivity index (χ3v) is 7.11. The summed E-state index contributed by atoms with van der Waals surface area (Å²) in [6.07, 6.45) is 2.14. The van der Waals surface area contributed by atoms with E-state index in [1.165, 1.54) is 12.0 Å². The highest BCUT2D eigenvalue weighted by Crippen LogP contribution is 2.40. The van der Waals surface area contributed by atoms with E-state index in [0.29, 0.717) is 23.9 Å². The first kappa shape index (κ1) is 21.0. The second-order valence-corrected chi connectivity index (χ2v) is 9.75. The van der Waals surface area contributed by atoms with Crippen LogP contribution in [0.15, 0.2) is 42.5 Å². The number of carbonyl (C=O) groups is 2. The highest BCUT2D eigenvalue weighted by atomic mass is 16.2. The van der Waals surface area contributed by atoms with E-state index in [2.05, 4.69) is 43.6 Å². The van der Waals surface area contributed by atoms with Crippen LogP contribution in [-0.2, 0) is 11.2 Å². The summed E-state index contributed by atoms with van der Waals surface area (Å²) in [6, 6.07) is 13.9. The quantitative estimate of drug-likeness (QED) is 0.770. The summed E-state index contributed by atoms with van der Waals surface area (Å²) in [6.45, 7) is 8.75. The van der Waals surface area contributed by atoms with Crippen LogP contribution in [0.5, 0.6) is 0 Å². The van der Waals surface area contributed by atoms with Gasteiger partial charge in [0.15, 0.2) is 0 Å². The van der Waals surface area contributed by atoms with Gasteiger partial charge in [-0.3, -0.25) is 9.59 Å². The third-order valence-electron chi connectivity index (χ3n) is 7.11. The number of nitrogens with one attached hydrogen (secondary N) is 2. The minimum absolute atomic E-state index is 0.0628. The van der Waals surface area contributed by atoms with Crippen LogP contribution >= 0.6 is 0 Å². The highest BCUT2D eigenvalue weighted by molar-refractivity contribution is 5.99. The van der Waals surface area contributed by atoms with E-state index in [1.54, 1.807) is 5.01 Å². The minimum atomic E-state index is -0.200. The van der Waals surface area contributed by atoms with Gasteiger partial charge in [-0.2, -0.15) is 0 Å². The number of fused-ring (bicyclic) bond motifs is 3. The molecule has 6 nitrogen and oxygen atoms in total. The third kappa shape index (κ3) is 3.66. The Morgan fingerprint density at radius 1 is 1.06 bits per heavy atom.